The van der Waals surface area contributed by atoms with Gasteiger partial charge in [-0.2, -0.15) is 0 Å². The molecule has 2 heteroatoms. The summed E-state index contributed by atoms with van der Waals surface area (Å²) in [6.07, 6.45) is 7.68. The van der Waals surface area contributed by atoms with Gasteiger partial charge in [0.05, 0.1) is 11.0 Å². The molecule has 0 saturated carbocycles. The highest BCUT2D eigenvalue weighted by Gasteiger charge is 2.22. The van der Waals surface area contributed by atoms with Crippen molar-refractivity contribution in [3.63, 3.8) is 0 Å². The number of hydrogen-bond donors (Lipinski definition) is 0. The number of hydrogen-bond acceptors (Lipinski definition) is 1. The second-order valence-electron chi connectivity index (χ2n) is 11.3. The molecule has 43 heavy (non-hydrogen) atoms. The summed E-state index contributed by atoms with van der Waals surface area (Å²) >= 11 is 0. The monoisotopic (exact) mass is 552 g/mol. The van der Waals surface area contributed by atoms with Gasteiger partial charge in [0.1, 0.15) is 5.82 Å². The van der Waals surface area contributed by atoms with Crippen LogP contribution in [0, 0.1) is 0 Å². The Morgan fingerprint density at radius 2 is 1.21 bits per heavy atom. The largest absolute Gasteiger partial charge is 0.296 e. The Bertz CT molecular complexity index is 2130. The summed E-state index contributed by atoms with van der Waals surface area (Å²) in [6.45, 7) is 2.17. The van der Waals surface area contributed by atoms with Crippen molar-refractivity contribution < 1.29 is 0 Å². The molecule has 1 aromatic heterocycles. The lowest BCUT2D eigenvalue weighted by Gasteiger charge is -2.24. The lowest BCUT2D eigenvalue weighted by Crippen LogP contribution is -2.03. The number of nitrogens with zero attached hydrogens (tertiary/aromatic N) is 2. The molecule has 206 valence electrons. The van der Waals surface area contributed by atoms with Gasteiger partial charge in [0.15, 0.2) is 0 Å². The first-order valence-corrected chi connectivity index (χ1v) is 15.3. The number of aromatic nitrogens is 2. The van der Waals surface area contributed by atoms with Crippen molar-refractivity contribution in [2.24, 2.45) is 0 Å². The first-order chi connectivity index (χ1) is 21.3. The first-order valence-electron chi connectivity index (χ1n) is 15.3. The van der Waals surface area contributed by atoms with E-state index in [0.29, 0.717) is 0 Å². The van der Waals surface area contributed by atoms with E-state index in [1.54, 1.807) is 0 Å². The molecule has 8 rings (SSSR count). The van der Waals surface area contributed by atoms with E-state index in [2.05, 4.69) is 151 Å². The van der Waals surface area contributed by atoms with Crippen molar-refractivity contribution >= 4 is 27.9 Å². The topological polar surface area (TPSA) is 17.8 Å². The molecule has 1 aliphatic carbocycles. The molecule has 0 atom stereocenters. The average molecular weight is 553 g/mol. The summed E-state index contributed by atoms with van der Waals surface area (Å²) in [5.41, 5.74) is 13.9. The second kappa shape index (κ2) is 10.6. The SMILES string of the molecule is CCc1nc2ccccc2n1-c1ccc(-c2c3c(c(-c4ccc(-c5ccccc5)cc4)c4ccccc24)CCC=C3)cc1. The van der Waals surface area contributed by atoms with Crippen LogP contribution in [0.1, 0.15) is 30.3 Å². The fourth-order valence-electron chi connectivity index (χ4n) is 6.86. The molecule has 6 aromatic carbocycles. The first kappa shape index (κ1) is 25.5. The van der Waals surface area contributed by atoms with E-state index in [0.717, 1.165) is 41.8 Å². The van der Waals surface area contributed by atoms with Gasteiger partial charge in [-0.05, 0) is 92.4 Å². The maximum absolute atomic E-state index is 4.90. The Kier molecular flexibility index (Phi) is 6.26. The highest BCUT2D eigenvalue weighted by atomic mass is 15.1. The van der Waals surface area contributed by atoms with E-state index in [1.807, 2.05) is 0 Å². The van der Waals surface area contributed by atoms with Crippen molar-refractivity contribution in [3.8, 4) is 39.1 Å². The van der Waals surface area contributed by atoms with Gasteiger partial charge in [-0.25, -0.2) is 4.98 Å². The minimum atomic E-state index is 0.882. The zero-order chi connectivity index (χ0) is 28.8. The maximum atomic E-state index is 4.90. The minimum Gasteiger partial charge on any atom is -0.296 e. The van der Waals surface area contributed by atoms with Gasteiger partial charge in [-0.1, -0.05) is 122 Å². The van der Waals surface area contributed by atoms with Gasteiger partial charge in [0.2, 0.25) is 0 Å². The average Bonchev–Trinajstić information content (AvgIpc) is 3.47. The number of aryl methyl sites for hydroxylation is 1. The van der Waals surface area contributed by atoms with E-state index >= 15 is 0 Å². The fraction of sp³-hybridized carbons (Fsp3) is 0.0976. The molecule has 1 aliphatic rings. The Hall–Kier alpha value is -5.21. The second-order valence-corrected chi connectivity index (χ2v) is 11.3. The normalized spacial score (nSPS) is 12.6. The lowest BCUT2D eigenvalue weighted by molar-refractivity contribution is 0.908. The van der Waals surface area contributed by atoms with Crippen LogP contribution in [-0.2, 0) is 12.8 Å². The number of rotatable bonds is 5. The van der Waals surface area contributed by atoms with Crippen LogP contribution in [0.2, 0.25) is 0 Å². The van der Waals surface area contributed by atoms with Gasteiger partial charge in [0, 0.05) is 12.1 Å². The van der Waals surface area contributed by atoms with Gasteiger partial charge < -0.3 is 0 Å². The molecule has 0 unspecified atom stereocenters. The molecule has 0 fully saturated rings. The third-order valence-corrected chi connectivity index (χ3v) is 8.85. The molecule has 1 heterocycles. The Morgan fingerprint density at radius 1 is 0.605 bits per heavy atom. The predicted octanol–water partition coefficient (Wildman–Crippen LogP) is 10.7. The zero-order valence-corrected chi connectivity index (χ0v) is 24.3. The standard InChI is InChI=1S/C41H32N2/c1-2-39-42-37-18-10-11-19-38(37)43(39)32-26-24-31(25-27-32)41-35-16-8-6-14-33(35)40(34-15-7-9-17-36(34)41)30-22-20-29(21-23-30)28-12-4-3-5-13-28/h3-6,8-14,16-27H,2,7,15H2,1H3. The summed E-state index contributed by atoms with van der Waals surface area (Å²) in [7, 11) is 0. The molecule has 0 N–H and O–H groups in total. The summed E-state index contributed by atoms with van der Waals surface area (Å²) < 4.78 is 2.30. The van der Waals surface area contributed by atoms with Crippen LogP contribution < -0.4 is 0 Å². The van der Waals surface area contributed by atoms with Crippen LogP contribution >= 0.6 is 0 Å². The number of benzene rings is 6. The summed E-state index contributed by atoms with van der Waals surface area (Å²) in [5.74, 6) is 1.09. The molecule has 0 amide bonds. The van der Waals surface area contributed by atoms with Gasteiger partial charge in [-0.3, -0.25) is 4.57 Å². The Balaban J connectivity index is 1.29. The summed E-state index contributed by atoms with van der Waals surface area (Å²) in [4.78, 5) is 4.90. The predicted molar refractivity (Wildman–Crippen MR) is 182 cm³/mol. The van der Waals surface area contributed by atoms with Crippen molar-refractivity contribution in [1.82, 2.24) is 9.55 Å². The molecular formula is C41H32N2. The Labute approximate surface area is 252 Å². The highest BCUT2D eigenvalue weighted by molar-refractivity contribution is 6.10. The molecule has 0 saturated heterocycles. The molecule has 7 aromatic rings. The van der Waals surface area contributed by atoms with E-state index in [-0.39, 0.29) is 0 Å². The van der Waals surface area contributed by atoms with Crippen LogP contribution in [0.4, 0.5) is 0 Å². The smallest absolute Gasteiger partial charge is 0.114 e. The van der Waals surface area contributed by atoms with Gasteiger partial charge in [0.25, 0.3) is 0 Å². The summed E-state index contributed by atoms with van der Waals surface area (Å²) in [6, 6.07) is 46.2. The molecule has 0 bridgehead atoms. The van der Waals surface area contributed by atoms with E-state index in [1.165, 1.54) is 55.3 Å². The van der Waals surface area contributed by atoms with Crippen LogP contribution in [0.3, 0.4) is 0 Å². The van der Waals surface area contributed by atoms with Gasteiger partial charge >= 0.3 is 0 Å². The lowest BCUT2D eigenvalue weighted by atomic mass is 9.80. The van der Waals surface area contributed by atoms with Crippen LogP contribution in [0.5, 0.6) is 0 Å². The van der Waals surface area contributed by atoms with Gasteiger partial charge in [-0.15, -0.1) is 0 Å². The van der Waals surface area contributed by atoms with Crippen molar-refractivity contribution in [3.05, 3.63) is 150 Å². The molecule has 0 spiro atoms. The third-order valence-electron chi connectivity index (χ3n) is 8.85. The molecule has 0 radical (unpaired) electrons. The van der Waals surface area contributed by atoms with Crippen molar-refractivity contribution in [2.75, 3.05) is 0 Å². The number of allylic oxidation sites excluding steroid dienone is 1. The Morgan fingerprint density at radius 3 is 1.98 bits per heavy atom. The van der Waals surface area contributed by atoms with E-state index < -0.39 is 0 Å². The third kappa shape index (κ3) is 4.30. The maximum Gasteiger partial charge on any atom is 0.114 e. The summed E-state index contributed by atoms with van der Waals surface area (Å²) in [5, 5.41) is 2.61. The van der Waals surface area contributed by atoms with Crippen LogP contribution in [-0.4, -0.2) is 9.55 Å². The quantitative estimate of drug-likeness (QED) is 0.208. The number of imidazole rings is 1. The highest BCUT2D eigenvalue weighted by Crippen LogP contribution is 2.45. The van der Waals surface area contributed by atoms with Crippen LogP contribution in [0.25, 0.3) is 66.9 Å². The van der Waals surface area contributed by atoms with E-state index in [4.69, 9.17) is 4.98 Å². The molecule has 0 aliphatic heterocycles. The molecular weight excluding hydrogens is 520 g/mol. The van der Waals surface area contributed by atoms with Crippen molar-refractivity contribution in [2.45, 2.75) is 26.2 Å². The number of para-hydroxylation sites is 2. The van der Waals surface area contributed by atoms with Crippen LogP contribution in [0.15, 0.2) is 133 Å². The minimum absolute atomic E-state index is 0.882. The van der Waals surface area contributed by atoms with E-state index in [9.17, 15) is 0 Å². The van der Waals surface area contributed by atoms with Crippen molar-refractivity contribution in [1.29, 1.82) is 0 Å². The zero-order valence-electron chi connectivity index (χ0n) is 24.3. The number of fused-ring (bicyclic) bond motifs is 3. The molecule has 2 nitrogen and oxygen atoms in total. The fourth-order valence-corrected chi connectivity index (χ4v) is 6.86.